The van der Waals surface area contributed by atoms with E-state index in [1.54, 1.807) is 12.1 Å². The SMILES string of the molecule is Nc1nccnc1C(=O)Nc1ccc(OCC2CC2)cc1. The van der Waals surface area contributed by atoms with Crippen molar-refractivity contribution in [1.29, 1.82) is 0 Å². The molecule has 1 aliphatic rings. The Hall–Kier alpha value is -2.63. The minimum Gasteiger partial charge on any atom is -0.493 e. The second kappa shape index (κ2) is 5.78. The standard InChI is InChI=1S/C15H16N4O2/c16-14-13(17-7-8-18-14)15(20)19-11-3-5-12(6-4-11)21-9-10-1-2-10/h3-8,10H,1-2,9H2,(H2,16,18)(H,19,20). The van der Waals surface area contributed by atoms with Crippen molar-refractivity contribution in [2.24, 2.45) is 5.92 Å². The average Bonchev–Trinajstić information content (AvgIpc) is 3.31. The number of aromatic nitrogens is 2. The first-order valence-electron chi connectivity index (χ1n) is 6.83. The largest absolute Gasteiger partial charge is 0.493 e. The number of nitrogens with one attached hydrogen (secondary N) is 1. The summed E-state index contributed by atoms with van der Waals surface area (Å²) in [6, 6.07) is 7.23. The van der Waals surface area contributed by atoms with Crippen LogP contribution in [0.4, 0.5) is 11.5 Å². The molecule has 3 rings (SSSR count). The molecule has 2 aromatic rings. The van der Waals surface area contributed by atoms with Gasteiger partial charge in [0.15, 0.2) is 11.5 Å². The number of nitrogen functional groups attached to an aromatic ring is 1. The molecule has 1 amide bonds. The van der Waals surface area contributed by atoms with Gasteiger partial charge in [0.1, 0.15) is 5.75 Å². The van der Waals surface area contributed by atoms with Crippen LogP contribution in [0.25, 0.3) is 0 Å². The van der Waals surface area contributed by atoms with E-state index in [0.717, 1.165) is 12.4 Å². The fourth-order valence-corrected chi connectivity index (χ4v) is 1.85. The Morgan fingerprint density at radius 2 is 1.95 bits per heavy atom. The Kier molecular flexibility index (Phi) is 3.68. The summed E-state index contributed by atoms with van der Waals surface area (Å²) in [5.41, 5.74) is 6.39. The summed E-state index contributed by atoms with van der Waals surface area (Å²) in [5.74, 6) is 1.24. The normalized spacial score (nSPS) is 13.7. The molecule has 21 heavy (non-hydrogen) atoms. The molecule has 0 aliphatic heterocycles. The molecule has 1 aliphatic carbocycles. The van der Waals surface area contributed by atoms with Crippen molar-refractivity contribution in [3.63, 3.8) is 0 Å². The lowest BCUT2D eigenvalue weighted by Gasteiger charge is -2.08. The molecule has 0 bridgehead atoms. The van der Waals surface area contributed by atoms with Crippen molar-refractivity contribution >= 4 is 17.4 Å². The van der Waals surface area contributed by atoms with Gasteiger partial charge in [-0.15, -0.1) is 0 Å². The van der Waals surface area contributed by atoms with Crippen LogP contribution in [-0.4, -0.2) is 22.5 Å². The maximum absolute atomic E-state index is 12.0. The van der Waals surface area contributed by atoms with E-state index in [4.69, 9.17) is 10.5 Å². The van der Waals surface area contributed by atoms with Gasteiger partial charge in [-0.1, -0.05) is 0 Å². The molecule has 0 atom stereocenters. The Balaban J connectivity index is 1.61. The van der Waals surface area contributed by atoms with Gasteiger partial charge in [-0.05, 0) is 43.0 Å². The first-order valence-corrected chi connectivity index (χ1v) is 6.83. The van der Waals surface area contributed by atoms with Crippen LogP contribution >= 0.6 is 0 Å². The van der Waals surface area contributed by atoms with Crippen LogP contribution in [0.1, 0.15) is 23.3 Å². The summed E-state index contributed by atoms with van der Waals surface area (Å²) in [4.78, 5) is 19.8. The first kappa shape index (κ1) is 13.4. The van der Waals surface area contributed by atoms with Gasteiger partial charge >= 0.3 is 0 Å². The van der Waals surface area contributed by atoms with Gasteiger partial charge in [-0.25, -0.2) is 9.97 Å². The van der Waals surface area contributed by atoms with Gasteiger partial charge in [0, 0.05) is 18.1 Å². The number of carbonyl (C=O) groups excluding carboxylic acids is 1. The molecule has 3 N–H and O–H groups in total. The first-order chi connectivity index (χ1) is 10.2. The van der Waals surface area contributed by atoms with Gasteiger partial charge in [-0.2, -0.15) is 0 Å². The van der Waals surface area contributed by atoms with Crippen LogP contribution in [0.3, 0.4) is 0 Å². The summed E-state index contributed by atoms with van der Waals surface area (Å²) in [6.45, 7) is 0.766. The highest BCUT2D eigenvalue weighted by Gasteiger charge is 2.21. The maximum atomic E-state index is 12.0. The number of benzene rings is 1. The lowest BCUT2D eigenvalue weighted by molar-refractivity contribution is 0.102. The van der Waals surface area contributed by atoms with Gasteiger partial charge in [-0.3, -0.25) is 4.79 Å². The number of hydrogen-bond donors (Lipinski definition) is 2. The van der Waals surface area contributed by atoms with Crippen molar-refractivity contribution in [1.82, 2.24) is 9.97 Å². The van der Waals surface area contributed by atoms with E-state index in [-0.39, 0.29) is 17.4 Å². The molecule has 6 nitrogen and oxygen atoms in total. The van der Waals surface area contributed by atoms with E-state index in [1.807, 2.05) is 12.1 Å². The van der Waals surface area contributed by atoms with Crippen LogP contribution in [0.15, 0.2) is 36.7 Å². The molecule has 1 saturated carbocycles. The van der Waals surface area contributed by atoms with Crippen LogP contribution < -0.4 is 15.8 Å². The van der Waals surface area contributed by atoms with Gasteiger partial charge in [0.05, 0.1) is 6.61 Å². The van der Waals surface area contributed by atoms with Crippen LogP contribution in [-0.2, 0) is 0 Å². The minimum absolute atomic E-state index is 0.111. The summed E-state index contributed by atoms with van der Waals surface area (Å²) < 4.78 is 5.64. The number of anilines is 2. The predicted molar refractivity (Wildman–Crippen MR) is 79.1 cm³/mol. The van der Waals surface area contributed by atoms with Crippen LogP contribution in [0.5, 0.6) is 5.75 Å². The monoisotopic (exact) mass is 284 g/mol. The number of rotatable bonds is 5. The van der Waals surface area contributed by atoms with E-state index in [9.17, 15) is 4.79 Å². The third-order valence-corrected chi connectivity index (χ3v) is 3.24. The minimum atomic E-state index is -0.382. The van der Waals surface area contributed by atoms with Crippen molar-refractivity contribution in [3.8, 4) is 5.75 Å². The number of ether oxygens (including phenoxy) is 1. The van der Waals surface area contributed by atoms with Crippen molar-refractivity contribution in [2.75, 3.05) is 17.7 Å². The van der Waals surface area contributed by atoms with Gasteiger partial charge in [0.2, 0.25) is 0 Å². The van der Waals surface area contributed by atoms with Gasteiger partial charge < -0.3 is 15.8 Å². The molecule has 1 aromatic carbocycles. The molecule has 1 fully saturated rings. The van der Waals surface area contributed by atoms with Crippen molar-refractivity contribution in [2.45, 2.75) is 12.8 Å². The van der Waals surface area contributed by atoms with E-state index in [2.05, 4.69) is 15.3 Å². The molecule has 0 unspecified atom stereocenters. The molecule has 108 valence electrons. The number of nitrogens with zero attached hydrogens (tertiary/aromatic N) is 2. The quantitative estimate of drug-likeness (QED) is 0.877. The Bertz CT molecular complexity index is 638. The second-order valence-electron chi connectivity index (χ2n) is 5.02. The molecule has 1 aromatic heterocycles. The third kappa shape index (κ3) is 3.47. The molecular formula is C15H16N4O2. The summed E-state index contributed by atoms with van der Waals surface area (Å²) >= 11 is 0. The number of hydrogen-bond acceptors (Lipinski definition) is 5. The van der Waals surface area contributed by atoms with Crippen LogP contribution in [0, 0.1) is 5.92 Å². The topological polar surface area (TPSA) is 90.1 Å². The zero-order valence-electron chi connectivity index (χ0n) is 11.5. The highest BCUT2D eigenvalue weighted by molar-refractivity contribution is 6.05. The van der Waals surface area contributed by atoms with Gasteiger partial charge in [0.25, 0.3) is 5.91 Å². The zero-order chi connectivity index (χ0) is 14.7. The number of carbonyl (C=O) groups is 1. The van der Waals surface area contributed by atoms with E-state index < -0.39 is 0 Å². The lowest BCUT2D eigenvalue weighted by Crippen LogP contribution is -2.16. The molecule has 0 saturated heterocycles. The molecule has 0 radical (unpaired) electrons. The van der Waals surface area contributed by atoms with Crippen molar-refractivity contribution < 1.29 is 9.53 Å². The highest BCUT2D eigenvalue weighted by atomic mass is 16.5. The third-order valence-electron chi connectivity index (χ3n) is 3.24. The highest BCUT2D eigenvalue weighted by Crippen LogP contribution is 2.29. The predicted octanol–water partition coefficient (Wildman–Crippen LogP) is 2.10. The van der Waals surface area contributed by atoms with E-state index in [1.165, 1.54) is 25.2 Å². The molecule has 1 heterocycles. The summed E-state index contributed by atoms with van der Waals surface area (Å²) in [5, 5.41) is 2.73. The molecule has 6 heteroatoms. The summed E-state index contributed by atoms with van der Waals surface area (Å²) in [6.07, 6.45) is 5.39. The fourth-order valence-electron chi connectivity index (χ4n) is 1.85. The van der Waals surface area contributed by atoms with Crippen molar-refractivity contribution in [3.05, 3.63) is 42.4 Å². The Labute approximate surface area is 122 Å². The smallest absolute Gasteiger partial charge is 0.278 e. The fraction of sp³-hybridized carbons (Fsp3) is 0.267. The average molecular weight is 284 g/mol. The zero-order valence-corrected chi connectivity index (χ0v) is 11.5. The van der Waals surface area contributed by atoms with Crippen LogP contribution in [0.2, 0.25) is 0 Å². The Morgan fingerprint density at radius 3 is 2.62 bits per heavy atom. The van der Waals surface area contributed by atoms with E-state index >= 15 is 0 Å². The second-order valence-corrected chi connectivity index (χ2v) is 5.02. The Morgan fingerprint density at radius 1 is 1.24 bits per heavy atom. The van der Waals surface area contributed by atoms with E-state index in [0.29, 0.717) is 11.6 Å². The maximum Gasteiger partial charge on any atom is 0.278 e. The lowest BCUT2D eigenvalue weighted by atomic mass is 10.3. The summed E-state index contributed by atoms with van der Waals surface area (Å²) in [7, 11) is 0. The molecular weight excluding hydrogens is 268 g/mol. The number of amides is 1. The number of nitrogens with two attached hydrogens (primary N) is 1. The molecule has 0 spiro atoms.